The van der Waals surface area contributed by atoms with Crippen molar-refractivity contribution in [2.45, 2.75) is 97.4 Å². The summed E-state index contributed by atoms with van der Waals surface area (Å²) in [5, 5.41) is 15.2. The highest BCUT2D eigenvalue weighted by Crippen LogP contribution is 2.35. The van der Waals surface area contributed by atoms with Crippen LogP contribution in [0.15, 0.2) is 0 Å². The Kier molecular flexibility index (Phi) is 12.0. The van der Waals surface area contributed by atoms with E-state index in [1.807, 2.05) is 20.0 Å². The minimum absolute atomic E-state index is 0.108. The lowest BCUT2D eigenvalue weighted by atomic mass is 9.89. The SMILES string of the molecule is CCCCOC(=O)NCC(O)C1(C(=O)OCCCCC(C)(C)C)CCCN1O[SiH](C)C. The van der Waals surface area contributed by atoms with Crippen LogP contribution in [0.4, 0.5) is 4.79 Å². The summed E-state index contributed by atoms with van der Waals surface area (Å²) < 4.78 is 16.7. The molecule has 2 N–H and O–H groups in total. The van der Waals surface area contributed by atoms with E-state index in [1.54, 1.807) is 5.06 Å². The zero-order valence-electron chi connectivity index (χ0n) is 20.4. The number of alkyl carbamates (subject to hydrolysis) is 1. The van der Waals surface area contributed by atoms with Gasteiger partial charge in [0.2, 0.25) is 0 Å². The van der Waals surface area contributed by atoms with Crippen LogP contribution in [0.1, 0.15) is 72.6 Å². The molecule has 0 saturated carbocycles. The second-order valence-electron chi connectivity index (χ2n) is 9.82. The third-order valence-corrected chi connectivity index (χ3v) is 6.01. The number of esters is 1. The summed E-state index contributed by atoms with van der Waals surface area (Å²) in [6.07, 6.45) is 3.87. The third kappa shape index (κ3) is 9.47. The molecule has 2 atom stereocenters. The molecule has 0 aromatic rings. The van der Waals surface area contributed by atoms with Gasteiger partial charge in [0.15, 0.2) is 14.6 Å². The third-order valence-electron chi connectivity index (χ3n) is 5.33. The standard InChI is InChI=1S/C22H44N2O6Si/c1-7-8-15-29-20(27)23-17-18(25)22(13-11-14-24(22)30-31(5)6)19(26)28-16-10-9-12-21(2,3)4/h18,25,31H,7-17H2,1-6H3,(H,23,27). The zero-order valence-corrected chi connectivity index (χ0v) is 21.5. The number of hydrogen-bond donors (Lipinski definition) is 2. The molecule has 2 unspecified atom stereocenters. The number of nitrogens with zero attached hydrogens (tertiary/aromatic N) is 1. The normalized spacial score (nSPS) is 20.6. The molecule has 8 nitrogen and oxygen atoms in total. The molecule has 182 valence electrons. The number of hydrogen-bond acceptors (Lipinski definition) is 7. The first-order chi connectivity index (χ1) is 14.5. The van der Waals surface area contributed by atoms with Gasteiger partial charge in [-0.05, 0) is 57.0 Å². The van der Waals surface area contributed by atoms with Crippen molar-refractivity contribution in [2.75, 3.05) is 26.3 Å². The molecule has 1 amide bonds. The molecule has 0 aromatic carbocycles. The van der Waals surface area contributed by atoms with Gasteiger partial charge in [-0.3, -0.25) is 0 Å². The molecule has 0 radical (unpaired) electrons. The molecule has 1 heterocycles. The Morgan fingerprint density at radius 2 is 1.84 bits per heavy atom. The Balaban J connectivity index is 2.75. The molecule has 0 bridgehead atoms. The summed E-state index contributed by atoms with van der Waals surface area (Å²) in [5.74, 6) is -0.482. The lowest BCUT2D eigenvalue weighted by molar-refractivity contribution is -0.198. The number of aliphatic hydroxyl groups excluding tert-OH is 1. The predicted molar refractivity (Wildman–Crippen MR) is 123 cm³/mol. The van der Waals surface area contributed by atoms with Crippen molar-refractivity contribution in [3.8, 4) is 0 Å². The van der Waals surface area contributed by atoms with Crippen LogP contribution in [0.2, 0.25) is 13.1 Å². The van der Waals surface area contributed by atoms with Gasteiger partial charge >= 0.3 is 12.1 Å². The molecule has 1 aliphatic heterocycles. The Bertz CT molecular complexity index is 555. The van der Waals surface area contributed by atoms with Crippen molar-refractivity contribution in [3.05, 3.63) is 0 Å². The molecule has 1 aliphatic rings. The van der Waals surface area contributed by atoms with E-state index in [9.17, 15) is 14.7 Å². The van der Waals surface area contributed by atoms with Crippen LogP contribution < -0.4 is 5.32 Å². The monoisotopic (exact) mass is 460 g/mol. The average molecular weight is 461 g/mol. The van der Waals surface area contributed by atoms with Gasteiger partial charge in [0, 0.05) is 13.1 Å². The molecule has 1 rings (SSSR count). The number of nitrogens with one attached hydrogen (secondary N) is 1. The number of amides is 1. The van der Waals surface area contributed by atoms with Gasteiger partial charge in [0.25, 0.3) is 0 Å². The summed E-state index contributed by atoms with van der Waals surface area (Å²) in [6.45, 7) is 13.7. The number of carbonyl (C=O) groups excluding carboxylic acids is 2. The molecule has 0 aromatic heterocycles. The van der Waals surface area contributed by atoms with Crippen LogP contribution in [0.3, 0.4) is 0 Å². The Morgan fingerprint density at radius 3 is 2.45 bits per heavy atom. The van der Waals surface area contributed by atoms with Crippen molar-refractivity contribution in [1.82, 2.24) is 10.4 Å². The summed E-state index contributed by atoms with van der Waals surface area (Å²) in [5.41, 5.74) is -1.06. The van der Waals surface area contributed by atoms with Gasteiger partial charge in [0.05, 0.1) is 13.2 Å². The fraction of sp³-hybridized carbons (Fsp3) is 0.909. The van der Waals surface area contributed by atoms with Crippen molar-refractivity contribution < 1.29 is 28.7 Å². The van der Waals surface area contributed by atoms with Gasteiger partial charge < -0.3 is 24.4 Å². The van der Waals surface area contributed by atoms with E-state index in [2.05, 4.69) is 26.1 Å². The molecule has 0 spiro atoms. The van der Waals surface area contributed by atoms with Crippen molar-refractivity contribution in [1.29, 1.82) is 0 Å². The fourth-order valence-corrected chi connectivity index (χ4v) is 4.45. The van der Waals surface area contributed by atoms with Gasteiger partial charge in [-0.2, -0.15) is 5.06 Å². The minimum atomic E-state index is -1.51. The van der Waals surface area contributed by atoms with Crippen molar-refractivity contribution in [2.24, 2.45) is 5.41 Å². The van der Waals surface area contributed by atoms with E-state index in [0.29, 0.717) is 32.6 Å². The van der Waals surface area contributed by atoms with Crippen LogP contribution in [-0.4, -0.2) is 69.2 Å². The number of carbonyl (C=O) groups is 2. The topological polar surface area (TPSA) is 97.3 Å². The van der Waals surface area contributed by atoms with E-state index >= 15 is 0 Å². The van der Waals surface area contributed by atoms with Crippen LogP contribution in [0.25, 0.3) is 0 Å². The van der Waals surface area contributed by atoms with Crippen molar-refractivity contribution in [3.63, 3.8) is 0 Å². The van der Waals surface area contributed by atoms with E-state index < -0.39 is 32.7 Å². The molecule has 31 heavy (non-hydrogen) atoms. The van der Waals surface area contributed by atoms with Gasteiger partial charge in [-0.25, -0.2) is 9.59 Å². The maximum Gasteiger partial charge on any atom is 0.407 e. The molecular formula is C22H44N2O6Si. The number of ether oxygens (including phenoxy) is 2. The second kappa shape index (κ2) is 13.4. The smallest absolute Gasteiger partial charge is 0.407 e. The molecule has 9 heteroatoms. The number of rotatable bonds is 13. The quantitative estimate of drug-likeness (QED) is 0.247. The van der Waals surface area contributed by atoms with Gasteiger partial charge in [-0.15, -0.1) is 0 Å². The average Bonchev–Trinajstić information content (AvgIpc) is 3.08. The van der Waals surface area contributed by atoms with Crippen LogP contribution in [0.5, 0.6) is 0 Å². The summed E-state index contributed by atoms with van der Waals surface area (Å²) in [6, 6.07) is 0. The maximum atomic E-state index is 13.2. The first kappa shape index (κ1) is 27.9. The summed E-state index contributed by atoms with van der Waals surface area (Å²) in [7, 11) is -1.51. The van der Waals surface area contributed by atoms with E-state index in [-0.39, 0.29) is 12.0 Å². The highest BCUT2D eigenvalue weighted by atomic mass is 28.3. The highest BCUT2D eigenvalue weighted by Gasteiger charge is 2.55. The van der Waals surface area contributed by atoms with Crippen molar-refractivity contribution >= 4 is 21.1 Å². The maximum absolute atomic E-state index is 13.2. The number of hydroxylamine groups is 2. The van der Waals surface area contributed by atoms with E-state index in [1.165, 1.54) is 0 Å². The summed E-state index contributed by atoms with van der Waals surface area (Å²) >= 11 is 0. The first-order valence-electron chi connectivity index (χ1n) is 11.7. The molecule has 0 aliphatic carbocycles. The van der Waals surface area contributed by atoms with Gasteiger partial charge in [0.1, 0.15) is 6.10 Å². The fourth-order valence-electron chi connectivity index (χ4n) is 3.65. The Morgan fingerprint density at radius 1 is 1.16 bits per heavy atom. The van der Waals surface area contributed by atoms with Crippen LogP contribution in [-0.2, 0) is 18.8 Å². The number of unbranched alkanes of at least 4 members (excludes halogenated alkanes) is 2. The molecular weight excluding hydrogens is 416 g/mol. The van der Waals surface area contributed by atoms with Crippen LogP contribution >= 0.6 is 0 Å². The lowest BCUT2D eigenvalue weighted by Gasteiger charge is -2.39. The molecule has 1 fully saturated rings. The number of aliphatic hydroxyl groups is 1. The predicted octanol–water partition coefficient (Wildman–Crippen LogP) is 3.38. The van der Waals surface area contributed by atoms with Gasteiger partial charge in [-0.1, -0.05) is 34.1 Å². The zero-order chi connectivity index (χ0) is 23.5. The lowest BCUT2D eigenvalue weighted by Crippen LogP contribution is -2.62. The summed E-state index contributed by atoms with van der Waals surface area (Å²) in [4.78, 5) is 25.1. The Hall–Kier alpha value is -1.16. The minimum Gasteiger partial charge on any atom is -0.464 e. The second-order valence-corrected chi connectivity index (χ2v) is 12.1. The largest absolute Gasteiger partial charge is 0.464 e. The van der Waals surface area contributed by atoms with Crippen LogP contribution in [0, 0.1) is 5.41 Å². The van der Waals surface area contributed by atoms with E-state index in [4.69, 9.17) is 14.0 Å². The first-order valence-corrected chi connectivity index (χ1v) is 14.5. The highest BCUT2D eigenvalue weighted by molar-refractivity contribution is 6.48. The Labute approximate surface area is 189 Å². The van der Waals surface area contributed by atoms with E-state index in [0.717, 1.165) is 32.1 Å². The molecule has 1 saturated heterocycles.